The average molecular weight is 340 g/mol. The predicted molar refractivity (Wildman–Crippen MR) is 102 cm³/mol. The number of rotatable bonds is 7. The third kappa shape index (κ3) is 5.06. The molecular weight excluding hydrogens is 316 g/mol. The van der Waals surface area contributed by atoms with Crippen molar-refractivity contribution in [2.75, 3.05) is 30.3 Å². The highest BCUT2D eigenvalue weighted by atomic mass is 16.3. The highest BCUT2D eigenvalue weighted by molar-refractivity contribution is 5.95. The highest BCUT2D eigenvalue weighted by Crippen LogP contribution is 2.18. The van der Waals surface area contributed by atoms with Gasteiger partial charge in [0, 0.05) is 30.0 Å². The summed E-state index contributed by atoms with van der Waals surface area (Å²) < 4.78 is 0. The number of aliphatic hydroxyl groups is 1. The van der Waals surface area contributed by atoms with Gasteiger partial charge in [-0.2, -0.15) is 5.10 Å². The van der Waals surface area contributed by atoms with E-state index < -0.39 is 0 Å². The first-order valence-corrected chi connectivity index (χ1v) is 8.20. The fourth-order valence-corrected chi connectivity index (χ4v) is 2.45. The molecule has 4 N–H and O–H groups in total. The number of nitrogen functional groups attached to an aromatic ring is 1. The molecule has 0 radical (unpaired) electrons. The fourth-order valence-electron chi connectivity index (χ4n) is 2.45. The van der Waals surface area contributed by atoms with E-state index in [1.54, 1.807) is 30.5 Å². The molecule has 6 nitrogen and oxygen atoms in total. The number of aryl methyl sites for hydroxylation is 1. The van der Waals surface area contributed by atoms with E-state index in [2.05, 4.69) is 15.4 Å². The van der Waals surface area contributed by atoms with Crippen LogP contribution in [0.3, 0.4) is 0 Å². The van der Waals surface area contributed by atoms with Gasteiger partial charge in [0.1, 0.15) is 0 Å². The van der Waals surface area contributed by atoms with Gasteiger partial charge in [-0.15, -0.1) is 0 Å². The average Bonchev–Trinajstić information content (AvgIpc) is 2.61. The Hall–Kier alpha value is -2.86. The lowest BCUT2D eigenvalue weighted by Gasteiger charge is -2.22. The number of nitrogens with two attached hydrogens (primary N) is 1. The van der Waals surface area contributed by atoms with Crippen molar-refractivity contribution in [3.8, 4) is 0 Å². The molecule has 0 atom stereocenters. The zero-order chi connectivity index (χ0) is 18.2. The van der Waals surface area contributed by atoms with Gasteiger partial charge in [-0.3, -0.25) is 4.79 Å². The largest absolute Gasteiger partial charge is 0.399 e. The third-order valence-electron chi connectivity index (χ3n) is 3.91. The van der Waals surface area contributed by atoms with Crippen molar-refractivity contribution in [2.45, 2.75) is 13.8 Å². The number of amides is 1. The first kappa shape index (κ1) is 18.5. The van der Waals surface area contributed by atoms with Gasteiger partial charge in [0.25, 0.3) is 5.91 Å². The second-order valence-electron chi connectivity index (χ2n) is 5.67. The molecule has 0 aliphatic heterocycles. The SMILES string of the molecule is CCN(CCO)c1ccc(/C=N\NC(=O)c2ccc(N)cc2)c(C)c1. The summed E-state index contributed by atoms with van der Waals surface area (Å²) in [6.07, 6.45) is 1.62. The Labute approximate surface area is 148 Å². The lowest BCUT2D eigenvalue weighted by molar-refractivity contribution is 0.0955. The molecule has 0 saturated carbocycles. The molecule has 0 saturated heterocycles. The van der Waals surface area contributed by atoms with E-state index in [9.17, 15) is 4.79 Å². The van der Waals surface area contributed by atoms with Crippen LogP contribution in [0, 0.1) is 6.92 Å². The molecule has 0 fully saturated rings. The van der Waals surface area contributed by atoms with E-state index in [1.807, 2.05) is 32.0 Å². The molecule has 25 heavy (non-hydrogen) atoms. The normalized spacial score (nSPS) is 10.8. The maximum absolute atomic E-state index is 12.0. The smallest absolute Gasteiger partial charge is 0.271 e. The molecule has 2 rings (SSSR count). The minimum Gasteiger partial charge on any atom is -0.399 e. The van der Waals surface area contributed by atoms with E-state index in [-0.39, 0.29) is 12.5 Å². The molecule has 2 aromatic rings. The summed E-state index contributed by atoms with van der Waals surface area (Å²) in [5.74, 6) is -0.286. The van der Waals surface area contributed by atoms with Crippen molar-refractivity contribution in [1.29, 1.82) is 0 Å². The summed E-state index contributed by atoms with van der Waals surface area (Å²) in [4.78, 5) is 14.1. The number of hydrogen-bond acceptors (Lipinski definition) is 5. The van der Waals surface area contributed by atoms with Crippen LogP contribution in [-0.2, 0) is 0 Å². The molecule has 6 heteroatoms. The quantitative estimate of drug-likeness (QED) is 0.409. The van der Waals surface area contributed by atoms with Gasteiger partial charge >= 0.3 is 0 Å². The van der Waals surface area contributed by atoms with E-state index >= 15 is 0 Å². The van der Waals surface area contributed by atoms with Crippen molar-refractivity contribution in [1.82, 2.24) is 5.43 Å². The number of anilines is 2. The molecule has 1 amide bonds. The van der Waals surface area contributed by atoms with Gasteiger partial charge in [-0.25, -0.2) is 5.43 Å². The van der Waals surface area contributed by atoms with Crippen molar-refractivity contribution in [3.63, 3.8) is 0 Å². The van der Waals surface area contributed by atoms with Crippen LogP contribution in [0.4, 0.5) is 11.4 Å². The van der Waals surface area contributed by atoms with Crippen LogP contribution in [0.5, 0.6) is 0 Å². The number of hydrogen-bond donors (Lipinski definition) is 3. The zero-order valence-corrected chi connectivity index (χ0v) is 14.6. The van der Waals surface area contributed by atoms with Gasteiger partial charge in [0.05, 0.1) is 12.8 Å². The van der Waals surface area contributed by atoms with Crippen LogP contribution in [0.2, 0.25) is 0 Å². The molecular formula is C19H24N4O2. The van der Waals surface area contributed by atoms with Crippen LogP contribution in [0.25, 0.3) is 0 Å². The second-order valence-corrected chi connectivity index (χ2v) is 5.67. The monoisotopic (exact) mass is 340 g/mol. The Morgan fingerprint density at radius 3 is 2.60 bits per heavy atom. The molecule has 0 aliphatic rings. The van der Waals surface area contributed by atoms with E-state index in [0.717, 1.165) is 23.4 Å². The number of carbonyl (C=O) groups excluding carboxylic acids is 1. The van der Waals surface area contributed by atoms with Crippen molar-refractivity contribution >= 4 is 23.5 Å². The highest BCUT2D eigenvalue weighted by Gasteiger charge is 2.06. The second kappa shape index (κ2) is 8.84. The molecule has 0 spiro atoms. The third-order valence-corrected chi connectivity index (χ3v) is 3.91. The number of nitrogens with one attached hydrogen (secondary N) is 1. The molecule has 2 aromatic carbocycles. The van der Waals surface area contributed by atoms with Gasteiger partial charge in [0.2, 0.25) is 0 Å². The standard InChI is InChI=1S/C19H24N4O2/c1-3-23(10-11-24)18-9-6-16(14(2)12-18)13-21-22-19(25)15-4-7-17(20)8-5-15/h4-9,12-13,24H,3,10-11,20H2,1-2H3,(H,22,25)/b21-13-. The number of benzene rings is 2. The van der Waals surface area contributed by atoms with Crippen LogP contribution in [0.1, 0.15) is 28.4 Å². The number of hydrazone groups is 1. The van der Waals surface area contributed by atoms with Gasteiger partial charge in [-0.05, 0) is 61.4 Å². The van der Waals surface area contributed by atoms with E-state index in [4.69, 9.17) is 10.8 Å². The van der Waals surface area contributed by atoms with Crippen molar-refractivity contribution in [2.24, 2.45) is 5.10 Å². The summed E-state index contributed by atoms with van der Waals surface area (Å²) in [6, 6.07) is 12.6. The number of carbonyl (C=O) groups is 1. The van der Waals surface area contributed by atoms with Crippen LogP contribution in [0.15, 0.2) is 47.6 Å². The Balaban J connectivity index is 2.03. The Bertz CT molecular complexity index is 742. The maximum atomic E-state index is 12.0. The topological polar surface area (TPSA) is 91.0 Å². The Morgan fingerprint density at radius 1 is 1.28 bits per heavy atom. The fraction of sp³-hybridized carbons (Fsp3) is 0.263. The number of aliphatic hydroxyl groups excluding tert-OH is 1. The van der Waals surface area contributed by atoms with Gasteiger partial charge < -0.3 is 15.7 Å². The summed E-state index contributed by atoms with van der Waals surface area (Å²) in [7, 11) is 0. The summed E-state index contributed by atoms with van der Waals surface area (Å²) >= 11 is 0. The van der Waals surface area contributed by atoms with Crippen LogP contribution < -0.4 is 16.1 Å². The van der Waals surface area contributed by atoms with E-state index in [1.165, 1.54) is 0 Å². The summed E-state index contributed by atoms with van der Waals surface area (Å²) in [6.45, 7) is 5.58. The maximum Gasteiger partial charge on any atom is 0.271 e. The number of likely N-dealkylation sites (N-methyl/N-ethyl adjacent to an activating group) is 1. The van der Waals surface area contributed by atoms with E-state index in [0.29, 0.717) is 17.8 Å². The minimum atomic E-state index is -0.286. The summed E-state index contributed by atoms with van der Waals surface area (Å²) in [5.41, 5.74) is 12.2. The molecule has 0 heterocycles. The Kier molecular flexibility index (Phi) is 6.54. The lowest BCUT2D eigenvalue weighted by Crippen LogP contribution is -2.26. The van der Waals surface area contributed by atoms with Crippen LogP contribution >= 0.6 is 0 Å². The first-order valence-electron chi connectivity index (χ1n) is 8.20. The zero-order valence-electron chi connectivity index (χ0n) is 14.6. The summed E-state index contributed by atoms with van der Waals surface area (Å²) in [5, 5.41) is 13.1. The molecule has 132 valence electrons. The molecule has 0 bridgehead atoms. The molecule has 0 unspecified atom stereocenters. The van der Waals surface area contributed by atoms with Crippen molar-refractivity contribution < 1.29 is 9.90 Å². The van der Waals surface area contributed by atoms with Gasteiger partial charge in [-0.1, -0.05) is 6.07 Å². The minimum absolute atomic E-state index is 0.118. The Morgan fingerprint density at radius 2 is 2.00 bits per heavy atom. The van der Waals surface area contributed by atoms with Gasteiger partial charge in [0.15, 0.2) is 0 Å². The predicted octanol–water partition coefficient (Wildman–Crippen LogP) is 2.16. The molecule has 0 aromatic heterocycles. The van der Waals surface area contributed by atoms with Crippen LogP contribution in [-0.4, -0.2) is 36.9 Å². The van der Waals surface area contributed by atoms with Crippen molar-refractivity contribution in [3.05, 3.63) is 59.2 Å². The number of nitrogens with zero attached hydrogens (tertiary/aromatic N) is 2. The molecule has 0 aliphatic carbocycles. The lowest BCUT2D eigenvalue weighted by atomic mass is 10.1. The first-order chi connectivity index (χ1) is 12.0.